The van der Waals surface area contributed by atoms with E-state index in [0.717, 1.165) is 36.6 Å². The Labute approximate surface area is 122 Å². The highest BCUT2D eigenvalue weighted by Crippen LogP contribution is 2.33. The maximum Gasteiger partial charge on any atom is 0.173 e. The number of nitrogens with two attached hydrogens (primary N) is 1. The molecule has 0 bridgehead atoms. The molecule has 0 unspecified atom stereocenters. The standard InChI is InChI=1S/C13H11BrF2N4/c14-10-7(4-5-8(15)11(10)16)12-18-9-3-1-2-6(9)13(19-12)20-17/h4-5H,1-3,17H2,(H,18,19,20). The molecule has 7 heteroatoms. The van der Waals surface area contributed by atoms with Crippen molar-refractivity contribution in [3.63, 3.8) is 0 Å². The molecule has 0 spiro atoms. The third-order valence-electron chi connectivity index (χ3n) is 3.35. The van der Waals surface area contributed by atoms with Gasteiger partial charge in [-0.2, -0.15) is 0 Å². The highest BCUT2D eigenvalue weighted by molar-refractivity contribution is 9.10. The maximum absolute atomic E-state index is 13.6. The van der Waals surface area contributed by atoms with Crippen molar-refractivity contribution in [2.24, 2.45) is 5.84 Å². The van der Waals surface area contributed by atoms with Crippen LogP contribution in [0.1, 0.15) is 17.7 Å². The van der Waals surface area contributed by atoms with Gasteiger partial charge < -0.3 is 5.43 Å². The minimum Gasteiger partial charge on any atom is -0.308 e. The summed E-state index contributed by atoms with van der Waals surface area (Å²) in [6.45, 7) is 0. The Balaban J connectivity index is 2.18. The second kappa shape index (κ2) is 5.06. The summed E-state index contributed by atoms with van der Waals surface area (Å²) in [6, 6.07) is 2.50. The number of hydrazine groups is 1. The van der Waals surface area contributed by atoms with E-state index in [1.165, 1.54) is 6.07 Å². The summed E-state index contributed by atoms with van der Waals surface area (Å²) in [7, 11) is 0. The van der Waals surface area contributed by atoms with E-state index < -0.39 is 11.6 Å². The van der Waals surface area contributed by atoms with Crippen molar-refractivity contribution in [2.75, 3.05) is 5.43 Å². The number of aromatic nitrogens is 2. The average Bonchev–Trinajstić information content (AvgIpc) is 2.92. The Morgan fingerprint density at radius 3 is 2.75 bits per heavy atom. The van der Waals surface area contributed by atoms with Crippen LogP contribution in [0.3, 0.4) is 0 Å². The van der Waals surface area contributed by atoms with Crippen LogP contribution in [0.4, 0.5) is 14.6 Å². The SMILES string of the molecule is NNc1nc(-c2ccc(F)c(F)c2Br)nc2c1CCC2. The molecule has 0 fully saturated rings. The number of hydrogen-bond donors (Lipinski definition) is 2. The van der Waals surface area contributed by atoms with E-state index in [-0.39, 0.29) is 4.47 Å². The quantitative estimate of drug-likeness (QED) is 0.501. The Hall–Kier alpha value is -1.60. The number of anilines is 1. The fourth-order valence-corrected chi connectivity index (χ4v) is 2.87. The molecule has 1 heterocycles. The van der Waals surface area contributed by atoms with Gasteiger partial charge in [0.25, 0.3) is 0 Å². The van der Waals surface area contributed by atoms with Crippen molar-refractivity contribution in [3.05, 3.63) is 39.5 Å². The predicted octanol–water partition coefficient (Wildman–Crippen LogP) is 2.96. The zero-order valence-electron chi connectivity index (χ0n) is 10.4. The molecule has 1 aliphatic carbocycles. The topological polar surface area (TPSA) is 63.8 Å². The van der Waals surface area contributed by atoms with Crippen LogP contribution in [-0.4, -0.2) is 9.97 Å². The van der Waals surface area contributed by atoms with Crippen molar-refractivity contribution in [2.45, 2.75) is 19.3 Å². The molecule has 3 N–H and O–H groups in total. The first-order valence-electron chi connectivity index (χ1n) is 6.12. The van der Waals surface area contributed by atoms with E-state index in [2.05, 4.69) is 31.3 Å². The minimum atomic E-state index is -0.950. The lowest BCUT2D eigenvalue weighted by Crippen LogP contribution is -2.13. The van der Waals surface area contributed by atoms with Crippen LogP contribution in [0.25, 0.3) is 11.4 Å². The third kappa shape index (κ3) is 2.06. The molecule has 0 amide bonds. The Morgan fingerprint density at radius 2 is 2.00 bits per heavy atom. The van der Waals surface area contributed by atoms with Crippen LogP contribution in [0.5, 0.6) is 0 Å². The lowest BCUT2D eigenvalue weighted by Gasteiger charge is -2.10. The van der Waals surface area contributed by atoms with E-state index in [1.54, 1.807) is 0 Å². The average molecular weight is 341 g/mol. The maximum atomic E-state index is 13.6. The van der Waals surface area contributed by atoms with Crippen molar-refractivity contribution in [1.82, 2.24) is 9.97 Å². The van der Waals surface area contributed by atoms with Crippen molar-refractivity contribution in [1.29, 1.82) is 0 Å². The van der Waals surface area contributed by atoms with Gasteiger partial charge in [0.15, 0.2) is 17.5 Å². The smallest absolute Gasteiger partial charge is 0.173 e. The van der Waals surface area contributed by atoms with Gasteiger partial charge in [0.1, 0.15) is 5.82 Å². The van der Waals surface area contributed by atoms with Crippen LogP contribution in [0.15, 0.2) is 16.6 Å². The summed E-state index contributed by atoms with van der Waals surface area (Å²) in [5, 5.41) is 0. The molecule has 1 aromatic heterocycles. The molecule has 2 aromatic rings. The summed E-state index contributed by atoms with van der Waals surface area (Å²) in [5.41, 5.74) is 4.84. The summed E-state index contributed by atoms with van der Waals surface area (Å²) >= 11 is 3.05. The zero-order chi connectivity index (χ0) is 14.3. The Morgan fingerprint density at radius 1 is 1.20 bits per heavy atom. The fourth-order valence-electron chi connectivity index (χ4n) is 2.37. The molecule has 0 radical (unpaired) electrons. The van der Waals surface area contributed by atoms with Gasteiger partial charge in [-0.1, -0.05) is 0 Å². The summed E-state index contributed by atoms with van der Waals surface area (Å²) in [4.78, 5) is 8.74. The first-order chi connectivity index (χ1) is 9.61. The largest absolute Gasteiger partial charge is 0.308 e. The normalized spacial score (nSPS) is 13.4. The van der Waals surface area contributed by atoms with Crippen LogP contribution in [0.2, 0.25) is 0 Å². The molecule has 4 nitrogen and oxygen atoms in total. The number of benzene rings is 1. The lowest BCUT2D eigenvalue weighted by molar-refractivity contribution is 0.504. The molecular formula is C13H11BrF2N4. The number of hydrogen-bond acceptors (Lipinski definition) is 4. The number of nitrogens with one attached hydrogen (secondary N) is 1. The molecule has 104 valence electrons. The lowest BCUT2D eigenvalue weighted by atomic mass is 10.1. The highest BCUT2D eigenvalue weighted by atomic mass is 79.9. The van der Waals surface area contributed by atoms with Gasteiger partial charge in [-0.15, -0.1) is 0 Å². The number of fused-ring (bicyclic) bond motifs is 1. The summed E-state index contributed by atoms with van der Waals surface area (Å²) in [6.07, 6.45) is 2.69. The third-order valence-corrected chi connectivity index (χ3v) is 4.12. The van der Waals surface area contributed by atoms with Gasteiger partial charge in [-0.3, -0.25) is 0 Å². The van der Waals surface area contributed by atoms with Crippen LogP contribution in [0, 0.1) is 11.6 Å². The molecule has 0 saturated carbocycles. The monoisotopic (exact) mass is 340 g/mol. The van der Waals surface area contributed by atoms with E-state index in [4.69, 9.17) is 5.84 Å². The van der Waals surface area contributed by atoms with Gasteiger partial charge in [0.05, 0.1) is 4.47 Å². The summed E-state index contributed by atoms with van der Waals surface area (Å²) < 4.78 is 26.8. The van der Waals surface area contributed by atoms with Crippen molar-refractivity contribution in [3.8, 4) is 11.4 Å². The molecule has 0 aliphatic heterocycles. The number of nitrogen functional groups attached to an aromatic ring is 1. The number of halogens is 3. The van der Waals surface area contributed by atoms with Gasteiger partial charge in [0, 0.05) is 16.8 Å². The zero-order valence-corrected chi connectivity index (χ0v) is 12.0. The number of rotatable bonds is 2. The van der Waals surface area contributed by atoms with E-state index in [9.17, 15) is 8.78 Å². The molecule has 3 rings (SSSR count). The van der Waals surface area contributed by atoms with Crippen molar-refractivity contribution >= 4 is 21.7 Å². The molecule has 1 aliphatic rings. The van der Waals surface area contributed by atoms with Crippen LogP contribution in [-0.2, 0) is 12.8 Å². The Kier molecular flexibility index (Phi) is 3.39. The van der Waals surface area contributed by atoms with E-state index in [0.29, 0.717) is 17.2 Å². The summed E-state index contributed by atoms with van der Waals surface area (Å²) in [5.74, 6) is 4.47. The number of aryl methyl sites for hydroxylation is 1. The van der Waals surface area contributed by atoms with Gasteiger partial charge in [-0.05, 0) is 47.3 Å². The molecule has 0 saturated heterocycles. The highest BCUT2D eigenvalue weighted by Gasteiger charge is 2.21. The Bertz CT molecular complexity index is 691. The van der Waals surface area contributed by atoms with Crippen LogP contribution < -0.4 is 11.3 Å². The molecular weight excluding hydrogens is 330 g/mol. The van der Waals surface area contributed by atoms with Crippen LogP contribution >= 0.6 is 15.9 Å². The molecule has 1 aromatic carbocycles. The van der Waals surface area contributed by atoms with Gasteiger partial charge >= 0.3 is 0 Å². The first-order valence-corrected chi connectivity index (χ1v) is 6.91. The predicted molar refractivity (Wildman–Crippen MR) is 74.9 cm³/mol. The second-order valence-electron chi connectivity index (χ2n) is 4.54. The van der Waals surface area contributed by atoms with Crippen molar-refractivity contribution < 1.29 is 8.78 Å². The molecule has 20 heavy (non-hydrogen) atoms. The number of nitrogens with zero attached hydrogens (tertiary/aromatic N) is 2. The second-order valence-corrected chi connectivity index (χ2v) is 5.33. The minimum absolute atomic E-state index is 0.0124. The fraction of sp³-hybridized carbons (Fsp3) is 0.231. The first kappa shape index (κ1) is 13.4. The molecule has 0 atom stereocenters. The van der Waals surface area contributed by atoms with Gasteiger partial charge in [-0.25, -0.2) is 24.6 Å². The van der Waals surface area contributed by atoms with E-state index >= 15 is 0 Å². The van der Waals surface area contributed by atoms with E-state index in [1.807, 2.05) is 0 Å². The van der Waals surface area contributed by atoms with Gasteiger partial charge in [0.2, 0.25) is 0 Å².